The van der Waals surface area contributed by atoms with Gasteiger partial charge in [-0.1, -0.05) is 19.9 Å². The highest BCUT2D eigenvalue weighted by Gasteiger charge is 2.33. The van der Waals surface area contributed by atoms with Crippen LogP contribution in [0.25, 0.3) is 0 Å². The van der Waals surface area contributed by atoms with E-state index in [-0.39, 0.29) is 41.9 Å². The maximum Gasteiger partial charge on any atom is 0.416 e. The Morgan fingerprint density at radius 3 is 2.68 bits per heavy atom. The van der Waals surface area contributed by atoms with Gasteiger partial charge in [0.05, 0.1) is 5.56 Å². The number of hydrogen-bond donors (Lipinski definition) is 2. The van der Waals surface area contributed by atoms with Gasteiger partial charge in [0.15, 0.2) is 0 Å². The lowest BCUT2D eigenvalue weighted by atomic mass is 9.80. The lowest BCUT2D eigenvalue weighted by Crippen LogP contribution is -2.52. The molecular formula is C17H25ClF3N3O. The number of nitrogens with zero attached hydrogens (tertiary/aromatic N) is 1. The number of hydrogen-bond acceptors (Lipinski definition) is 3. The fourth-order valence-corrected chi connectivity index (χ4v) is 2.93. The molecule has 1 aromatic rings. The van der Waals surface area contributed by atoms with E-state index in [0.717, 1.165) is 31.6 Å². The van der Waals surface area contributed by atoms with Crippen molar-refractivity contribution in [2.24, 2.45) is 11.1 Å². The Labute approximate surface area is 152 Å². The molecular weight excluding hydrogens is 355 g/mol. The van der Waals surface area contributed by atoms with Crippen molar-refractivity contribution in [2.45, 2.75) is 38.9 Å². The standard InChI is InChI=1S/C17H24F3N3O.ClH/c1-16(2)11-23(8-6-14(16)21)9-7-15(24)22-13-5-3-4-12(10-13)17(18,19)20;/h3-5,10,14H,6-9,11,21H2,1-2H3,(H,22,24);1H. The molecule has 1 aliphatic heterocycles. The summed E-state index contributed by atoms with van der Waals surface area (Å²) in [5, 5.41) is 2.53. The molecule has 4 nitrogen and oxygen atoms in total. The fraction of sp³-hybridized carbons (Fsp3) is 0.588. The zero-order valence-electron chi connectivity index (χ0n) is 14.4. The predicted octanol–water partition coefficient (Wildman–Crippen LogP) is 3.52. The van der Waals surface area contributed by atoms with E-state index >= 15 is 0 Å². The van der Waals surface area contributed by atoms with E-state index in [1.165, 1.54) is 12.1 Å². The Morgan fingerprint density at radius 2 is 2.08 bits per heavy atom. The SMILES string of the molecule is CC1(C)CN(CCC(=O)Nc2cccc(C(F)(F)F)c2)CCC1N.Cl. The number of amides is 1. The number of halogens is 4. The van der Waals surface area contributed by atoms with Crippen LogP contribution in [0, 0.1) is 5.41 Å². The third kappa shape index (κ3) is 6.17. The van der Waals surface area contributed by atoms with Crippen LogP contribution in [0.4, 0.5) is 18.9 Å². The zero-order chi connectivity index (χ0) is 18.0. The Kier molecular flexibility index (Phi) is 7.28. The van der Waals surface area contributed by atoms with Crippen molar-refractivity contribution in [1.82, 2.24) is 4.90 Å². The lowest BCUT2D eigenvalue weighted by Gasteiger charge is -2.42. The van der Waals surface area contributed by atoms with E-state index in [4.69, 9.17) is 5.73 Å². The minimum absolute atomic E-state index is 0. The fourth-order valence-electron chi connectivity index (χ4n) is 2.93. The average molecular weight is 380 g/mol. The monoisotopic (exact) mass is 379 g/mol. The number of carbonyl (C=O) groups excluding carboxylic acids is 1. The van der Waals surface area contributed by atoms with Crippen molar-refractivity contribution in [3.63, 3.8) is 0 Å². The van der Waals surface area contributed by atoms with Crippen LogP contribution in [-0.2, 0) is 11.0 Å². The molecule has 0 saturated carbocycles. The number of nitrogens with two attached hydrogens (primary N) is 1. The summed E-state index contributed by atoms with van der Waals surface area (Å²) in [6, 6.07) is 4.81. The third-order valence-corrected chi connectivity index (χ3v) is 4.52. The zero-order valence-corrected chi connectivity index (χ0v) is 15.2. The summed E-state index contributed by atoms with van der Waals surface area (Å²) in [4.78, 5) is 14.2. The highest BCUT2D eigenvalue weighted by atomic mass is 35.5. The van der Waals surface area contributed by atoms with Crippen LogP contribution < -0.4 is 11.1 Å². The molecule has 1 unspecified atom stereocenters. The first kappa shape index (κ1) is 21.7. The van der Waals surface area contributed by atoms with Gasteiger partial charge in [-0.2, -0.15) is 13.2 Å². The lowest BCUT2D eigenvalue weighted by molar-refractivity contribution is -0.137. The highest BCUT2D eigenvalue weighted by molar-refractivity contribution is 5.90. The van der Waals surface area contributed by atoms with Crippen molar-refractivity contribution in [1.29, 1.82) is 0 Å². The first-order chi connectivity index (χ1) is 11.1. The summed E-state index contributed by atoms with van der Waals surface area (Å²) in [5.41, 5.74) is 5.47. The van der Waals surface area contributed by atoms with Gasteiger partial charge in [0.25, 0.3) is 0 Å². The predicted molar refractivity (Wildman–Crippen MR) is 94.8 cm³/mol. The largest absolute Gasteiger partial charge is 0.416 e. The second-order valence-corrected chi connectivity index (χ2v) is 7.04. The number of anilines is 1. The molecule has 1 aliphatic rings. The summed E-state index contributed by atoms with van der Waals surface area (Å²) in [7, 11) is 0. The topological polar surface area (TPSA) is 58.4 Å². The minimum atomic E-state index is -4.42. The number of alkyl halides is 3. The molecule has 8 heteroatoms. The van der Waals surface area contributed by atoms with Gasteiger partial charge in [-0.15, -0.1) is 12.4 Å². The van der Waals surface area contributed by atoms with Gasteiger partial charge in [-0.3, -0.25) is 4.79 Å². The Balaban J connectivity index is 0.00000312. The number of benzene rings is 1. The molecule has 1 heterocycles. The number of nitrogens with one attached hydrogen (secondary N) is 1. The van der Waals surface area contributed by atoms with Crippen LogP contribution in [0.2, 0.25) is 0 Å². The maximum atomic E-state index is 12.7. The first-order valence-corrected chi connectivity index (χ1v) is 8.03. The number of piperidine rings is 1. The molecule has 0 aliphatic carbocycles. The van der Waals surface area contributed by atoms with Crippen LogP contribution in [-0.4, -0.2) is 36.5 Å². The Morgan fingerprint density at radius 1 is 1.40 bits per heavy atom. The summed E-state index contributed by atoms with van der Waals surface area (Å²) >= 11 is 0. The van der Waals surface area contributed by atoms with Crippen molar-refractivity contribution < 1.29 is 18.0 Å². The minimum Gasteiger partial charge on any atom is -0.327 e. The molecule has 2 rings (SSSR count). The third-order valence-electron chi connectivity index (χ3n) is 4.52. The molecule has 1 saturated heterocycles. The van der Waals surface area contributed by atoms with Gasteiger partial charge < -0.3 is 16.0 Å². The molecule has 1 fully saturated rings. The van der Waals surface area contributed by atoms with Crippen molar-refractivity contribution in [3.05, 3.63) is 29.8 Å². The molecule has 1 atom stereocenters. The van der Waals surface area contributed by atoms with Gasteiger partial charge in [0.1, 0.15) is 0 Å². The molecule has 3 N–H and O–H groups in total. The molecule has 0 spiro atoms. The summed E-state index contributed by atoms with van der Waals surface area (Å²) < 4.78 is 38.0. The molecule has 1 aromatic carbocycles. The Bertz CT molecular complexity index is 593. The van der Waals surface area contributed by atoms with Crippen LogP contribution >= 0.6 is 12.4 Å². The summed E-state index contributed by atoms with van der Waals surface area (Å²) in [6.07, 6.45) is -3.30. The molecule has 142 valence electrons. The molecule has 0 bridgehead atoms. The first-order valence-electron chi connectivity index (χ1n) is 8.03. The second-order valence-electron chi connectivity index (χ2n) is 7.04. The Hall–Kier alpha value is -1.31. The molecule has 25 heavy (non-hydrogen) atoms. The molecule has 0 radical (unpaired) electrons. The van der Waals surface area contributed by atoms with Gasteiger partial charge in [0.2, 0.25) is 5.91 Å². The van der Waals surface area contributed by atoms with E-state index in [2.05, 4.69) is 24.1 Å². The average Bonchev–Trinajstić information content (AvgIpc) is 2.48. The quantitative estimate of drug-likeness (QED) is 0.841. The van der Waals surface area contributed by atoms with Gasteiger partial charge in [-0.05, 0) is 36.6 Å². The van der Waals surface area contributed by atoms with E-state index in [1.54, 1.807) is 0 Å². The normalized spacial score (nSPS) is 20.6. The summed E-state index contributed by atoms with van der Waals surface area (Å²) in [6.45, 7) is 6.42. The van der Waals surface area contributed by atoms with E-state index in [9.17, 15) is 18.0 Å². The van der Waals surface area contributed by atoms with Crippen molar-refractivity contribution in [2.75, 3.05) is 25.0 Å². The number of rotatable bonds is 4. The van der Waals surface area contributed by atoms with E-state index in [1.807, 2.05) is 0 Å². The number of carbonyl (C=O) groups is 1. The summed E-state index contributed by atoms with van der Waals surface area (Å²) in [5.74, 6) is -0.290. The molecule has 0 aromatic heterocycles. The van der Waals surface area contributed by atoms with Gasteiger partial charge >= 0.3 is 6.18 Å². The van der Waals surface area contributed by atoms with E-state index in [0.29, 0.717) is 6.54 Å². The van der Waals surface area contributed by atoms with Crippen LogP contribution in [0.5, 0.6) is 0 Å². The van der Waals surface area contributed by atoms with Gasteiger partial charge in [-0.25, -0.2) is 0 Å². The second kappa shape index (κ2) is 8.38. The smallest absolute Gasteiger partial charge is 0.327 e. The van der Waals surface area contributed by atoms with Crippen LogP contribution in [0.15, 0.2) is 24.3 Å². The van der Waals surface area contributed by atoms with Crippen LogP contribution in [0.3, 0.4) is 0 Å². The van der Waals surface area contributed by atoms with Crippen molar-refractivity contribution in [3.8, 4) is 0 Å². The maximum absolute atomic E-state index is 12.7. The number of likely N-dealkylation sites (tertiary alicyclic amines) is 1. The molecule has 1 amide bonds. The van der Waals surface area contributed by atoms with E-state index < -0.39 is 11.7 Å². The van der Waals surface area contributed by atoms with Crippen LogP contribution in [0.1, 0.15) is 32.3 Å². The highest BCUT2D eigenvalue weighted by Crippen LogP contribution is 2.31. The van der Waals surface area contributed by atoms with Gasteiger partial charge in [0, 0.05) is 31.2 Å². The van der Waals surface area contributed by atoms with Crippen molar-refractivity contribution >= 4 is 24.0 Å².